The third-order valence-corrected chi connectivity index (χ3v) is 2.50. The van der Waals surface area contributed by atoms with E-state index in [4.69, 9.17) is 27.9 Å². The molecule has 0 radical (unpaired) electrons. The van der Waals surface area contributed by atoms with E-state index in [9.17, 15) is 5.11 Å². The van der Waals surface area contributed by atoms with Gasteiger partial charge in [-0.2, -0.15) is 0 Å². The van der Waals surface area contributed by atoms with Gasteiger partial charge in [-0.3, -0.25) is 0 Å². The van der Waals surface area contributed by atoms with Gasteiger partial charge in [-0.1, -0.05) is 30.1 Å². The Hall–Kier alpha value is -0.480. The van der Waals surface area contributed by atoms with E-state index in [0.717, 1.165) is 6.54 Å². The van der Waals surface area contributed by atoms with E-state index in [1.807, 2.05) is 6.92 Å². The first kappa shape index (κ1) is 13.6. The Bertz CT molecular complexity index is 334. The van der Waals surface area contributed by atoms with Crippen LogP contribution in [-0.4, -0.2) is 30.9 Å². The Morgan fingerprint density at radius 1 is 1.44 bits per heavy atom. The molecule has 2 N–H and O–H groups in total. The Balaban J connectivity index is 2.44. The van der Waals surface area contributed by atoms with E-state index in [0.29, 0.717) is 22.3 Å². The number of aliphatic hydroxyl groups excluding tert-OH is 1. The summed E-state index contributed by atoms with van der Waals surface area (Å²) >= 11 is 11.7. The van der Waals surface area contributed by atoms with Crippen LogP contribution in [0.25, 0.3) is 0 Å². The van der Waals surface area contributed by atoms with Crippen molar-refractivity contribution >= 4 is 23.2 Å². The van der Waals surface area contributed by atoms with Crippen molar-refractivity contribution in [3.8, 4) is 5.75 Å². The summed E-state index contributed by atoms with van der Waals surface area (Å²) in [5, 5.41) is 13.6. The van der Waals surface area contributed by atoms with Crippen LogP contribution in [0.4, 0.5) is 0 Å². The Morgan fingerprint density at radius 3 is 2.88 bits per heavy atom. The van der Waals surface area contributed by atoms with Crippen molar-refractivity contribution in [2.24, 2.45) is 0 Å². The van der Waals surface area contributed by atoms with E-state index in [1.54, 1.807) is 18.2 Å². The van der Waals surface area contributed by atoms with E-state index in [-0.39, 0.29) is 6.61 Å². The summed E-state index contributed by atoms with van der Waals surface area (Å²) in [6, 6.07) is 4.98. The summed E-state index contributed by atoms with van der Waals surface area (Å²) in [6.45, 7) is 3.47. The normalized spacial score (nSPS) is 12.5. The largest absolute Gasteiger partial charge is 0.489 e. The molecule has 90 valence electrons. The highest BCUT2D eigenvalue weighted by atomic mass is 35.5. The molecule has 1 rings (SSSR count). The van der Waals surface area contributed by atoms with Crippen LogP contribution in [-0.2, 0) is 0 Å². The molecule has 0 saturated carbocycles. The summed E-state index contributed by atoms with van der Waals surface area (Å²) in [7, 11) is 0. The molecular formula is C11H15Cl2NO2. The van der Waals surface area contributed by atoms with Crippen LogP contribution in [0.5, 0.6) is 5.75 Å². The SMILES string of the molecule is CCNCC(O)COc1cc(Cl)ccc1Cl. The zero-order valence-corrected chi connectivity index (χ0v) is 10.6. The lowest BCUT2D eigenvalue weighted by molar-refractivity contribution is 0.107. The van der Waals surface area contributed by atoms with Gasteiger partial charge in [0.15, 0.2) is 0 Å². The van der Waals surface area contributed by atoms with E-state index < -0.39 is 6.10 Å². The maximum absolute atomic E-state index is 9.54. The summed E-state index contributed by atoms with van der Waals surface area (Å²) in [4.78, 5) is 0. The summed E-state index contributed by atoms with van der Waals surface area (Å²) in [5.41, 5.74) is 0. The second-order valence-corrected chi connectivity index (χ2v) is 4.19. The Morgan fingerprint density at radius 2 is 2.19 bits per heavy atom. The second-order valence-electron chi connectivity index (χ2n) is 3.35. The number of hydrogen-bond acceptors (Lipinski definition) is 3. The molecule has 0 fully saturated rings. The second kappa shape index (κ2) is 6.97. The molecule has 1 atom stereocenters. The molecule has 1 aromatic rings. The van der Waals surface area contributed by atoms with Crippen LogP contribution in [0, 0.1) is 0 Å². The minimum atomic E-state index is -0.560. The van der Waals surface area contributed by atoms with Gasteiger partial charge in [0.05, 0.1) is 5.02 Å². The van der Waals surface area contributed by atoms with Crippen molar-refractivity contribution in [1.82, 2.24) is 5.32 Å². The van der Waals surface area contributed by atoms with Crippen molar-refractivity contribution < 1.29 is 9.84 Å². The standard InChI is InChI=1S/C11H15Cl2NO2/c1-2-14-6-9(15)7-16-11-5-8(12)3-4-10(11)13/h3-5,9,14-15H,2,6-7H2,1H3. The number of ether oxygens (including phenoxy) is 1. The first-order chi connectivity index (χ1) is 7.63. The third-order valence-electron chi connectivity index (χ3n) is 1.95. The molecule has 0 aliphatic heterocycles. The average Bonchev–Trinajstić information content (AvgIpc) is 2.27. The monoisotopic (exact) mass is 263 g/mol. The van der Waals surface area contributed by atoms with Gasteiger partial charge in [-0.15, -0.1) is 0 Å². The minimum absolute atomic E-state index is 0.188. The predicted octanol–water partition coefficient (Wildman–Crippen LogP) is 2.34. The fraction of sp³-hybridized carbons (Fsp3) is 0.455. The van der Waals surface area contributed by atoms with Crippen LogP contribution in [0.1, 0.15) is 6.92 Å². The predicted molar refractivity (Wildman–Crippen MR) is 66.5 cm³/mol. The van der Waals surface area contributed by atoms with Crippen molar-refractivity contribution in [2.75, 3.05) is 19.7 Å². The van der Waals surface area contributed by atoms with Crippen LogP contribution < -0.4 is 10.1 Å². The zero-order chi connectivity index (χ0) is 12.0. The van der Waals surface area contributed by atoms with Crippen molar-refractivity contribution in [2.45, 2.75) is 13.0 Å². The van der Waals surface area contributed by atoms with Gasteiger partial charge in [0.2, 0.25) is 0 Å². The number of rotatable bonds is 6. The summed E-state index contributed by atoms with van der Waals surface area (Å²) < 4.78 is 5.37. The van der Waals surface area contributed by atoms with Gasteiger partial charge < -0.3 is 15.2 Å². The first-order valence-corrected chi connectivity index (χ1v) is 5.85. The number of hydrogen-bond donors (Lipinski definition) is 2. The molecule has 0 aromatic heterocycles. The first-order valence-electron chi connectivity index (χ1n) is 5.10. The molecule has 16 heavy (non-hydrogen) atoms. The van der Waals surface area contributed by atoms with E-state index in [1.165, 1.54) is 0 Å². The molecule has 0 heterocycles. The van der Waals surface area contributed by atoms with Crippen molar-refractivity contribution in [1.29, 1.82) is 0 Å². The number of benzene rings is 1. The zero-order valence-electron chi connectivity index (χ0n) is 9.04. The lowest BCUT2D eigenvalue weighted by atomic mass is 10.3. The highest BCUT2D eigenvalue weighted by Crippen LogP contribution is 2.27. The summed E-state index contributed by atoms with van der Waals surface area (Å²) in [6.07, 6.45) is -0.560. The molecule has 0 aliphatic carbocycles. The van der Waals surface area contributed by atoms with Gasteiger partial charge in [-0.05, 0) is 18.7 Å². The third kappa shape index (κ3) is 4.58. The van der Waals surface area contributed by atoms with Gasteiger partial charge in [0, 0.05) is 17.6 Å². The molecule has 1 aromatic carbocycles. The van der Waals surface area contributed by atoms with Crippen LogP contribution in [0.3, 0.4) is 0 Å². The Kier molecular flexibility index (Phi) is 5.91. The maximum Gasteiger partial charge on any atom is 0.139 e. The molecule has 0 aliphatic rings. The molecule has 1 unspecified atom stereocenters. The number of likely N-dealkylation sites (N-methyl/N-ethyl adjacent to an activating group) is 1. The number of halogens is 2. The number of nitrogens with one attached hydrogen (secondary N) is 1. The van der Waals surface area contributed by atoms with Gasteiger partial charge in [-0.25, -0.2) is 0 Å². The van der Waals surface area contributed by atoms with E-state index >= 15 is 0 Å². The van der Waals surface area contributed by atoms with Crippen LogP contribution in [0.2, 0.25) is 10.0 Å². The van der Waals surface area contributed by atoms with Gasteiger partial charge in [0.1, 0.15) is 18.5 Å². The molecule has 0 bridgehead atoms. The lowest BCUT2D eigenvalue weighted by Crippen LogP contribution is -2.31. The molecule has 0 spiro atoms. The molecule has 5 heteroatoms. The molecule has 0 saturated heterocycles. The van der Waals surface area contributed by atoms with Crippen molar-refractivity contribution in [3.63, 3.8) is 0 Å². The average molecular weight is 264 g/mol. The fourth-order valence-electron chi connectivity index (χ4n) is 1.14. The highest BCUT2D eigenvalue weighted by molar-refractivity contribution is 6.34. The lowest BCUT2D eigenvalue weighted by Gasteiger charge is -2.13. The molecule has 3 nitrogen and oxygen atoms in total. The van der Waals surface area contributed by atoms with Crippen molar-refractivity contribution in [3.05, 3.63) is 28.2 Å². The quantitative estimate of drug-likeness (QED) is 0.828. The molecule has 0 amide bonds. The molecular weight excluding hydrogens is 249 g/mol. The minimum Gasteiger partial charge on any atom is -0.489 e. The van der Waals surface area contributed by atoms with Crippen LogP contribution in [0.15, 0.2) is 18.2 Å². The number of aliphatic hydroxyl groups is 1. The van der Waals surface area contributed by atoms with Crippen LogP contribution >= 0.6 is 23.2 Å². The highest BCUT2D eigenvalue weighted by Gasteiger charge is 2.07. The van der Waals surface area contributed by atoms with Gasteiger partial charge in [0.25, 0.3) is 0 Å². The van der Waals surface area contributed by atoms with E-state index in [2.05, 4.69) is 5.32 Å². The fourth-order valence-corrected chi connectivity index (χ4v) is 1.48. The van der Waals surface area contributed by atoms with Gasteiger partial charge >= 0.3 is 0 Å². The summed E-state index contributed by atoms with van der Waals surface area (Å²) in [5.74, 6) is 0.490. The topological polar surface area (TPSA) is 41.5 Å². The Labute approximate surface area is 105 Å². The smallest absolute Gasteiger partial charge is 0.139 e. The maximum atomic E-state index is 9.54.